The Balaban J connectivity index is 2.06. The lowest BCUT2D eigenvalue weighted by atomic mass is 10.4. The minimum absolute atomic E-state index is 0.589. The van der Waals surface area contributed by atoms with Crippen LogP contribution in [0, 0.1) is 0 Å². The van der Waals surface area contributed by atoms with E-state index in [1.54, 1.807) is 18.4 Å². The molecule has 3 heterocycles. The van der Waals surface area contributed by atoms with E-state index in [0.29, 0.717) is 18.1 Å². The van der Waals surface area contributed by atoms with Crippen LogP contribution in [0.4, 0.5) is 0 Å². The minimum atomic E-state index is 0.589. The van der Waals surface area contributed by atoms with Crippen molar-refractivity contribution in [3.63, 3.8) is 0 Å². The third-order valence-corrected chi connectivity index (χ3v) is 3.58. The molecule has 0 spiro atoms. The molecule has 0 amide bonds. The molecule has 0 atom stereocenters. The van der Waals surface area contributed by atoms with Crippen molar-refractivity contribution in [3.05, 3.63) is 23.6 Å². The largest absolute Gasteiger partial charge is 0.495 e. The van der Waals surface area contributed by atoms with Crippen molar-refractivity contribution in [1.29, 1.82) is 0 Å². The summed E-state index contributed by atoms with van der Waals surface area (Å²) in [7, 11) is 1.65. The number of rotatable bonds is 4. The fourth-order valence-electron chi connectivity index (χ4n) is 1.84. The summed E-state index contributed by atoms with van der Waals surface area (Å²) in [5, 5.41) is 1.97. The van der Waals surface area contributed by atoms with E-state index in [1.807, 2.05) is 30.5 Å². The summed E-state index contributed by atoms with van der Waals surface area (Å²) < 4.78 is 10.7. The number of fused-ring (bicyclic) bond motifs is 1. The van der Waals surface area contributed by atoms with E-state index in [0.717, 1.165) is 22.0 Å². The SMILES string of the molecule is CCOc1ccc2[nH]c(-c3sccc3OC)nc2n1. The van der Waals surface area contributed by atoms with Crippen molar-refractivity contribution in [2.45, 2.75) is 6.92 Å². The molecule has 0 saturated carbocycles. The predicted octanol–water partition coefficient (Wildman–Crippen LogP) is 3.09. The summed E-state index contributed by atoms with van der Waals surface area (Å²) in [6.45, 7) is 2.52. The number of thiophene rings is 1. The predicted molar refractivity (Wildman–Crippen MR) is 74.9 cm³/mol. The number of H-pyrrole nitrogens is 1. The number of aromatic nitrogens is 3. The zero-order valence-corrected chi connectivity index (χ0v) is 11.5. The monoisotopic (exact) mass is 275 g/mol. The van der Waals surface area contributed by atoms with Gasteiger partial charge in [0.2, 0.25) is 5.88 Å². The second-order valence-corrected chi connectivity index (χ2v) is 4.77. The highest BCUT2D eigenvalue weighted by molar-refractivity contribution is 7.13. The van der Waals surface area contributed by atoms with Gasteiger partial charge in [0, 0.05) is 6.07 Å². The van der Waals surface area contributed by atoms with Gasteiger partial charge in [0.05, 0.1) is 19.2 Å². The number of aromatic amines is 1. The first-order valence-corrected chi connectivity index (χ1v) is 6.81. The van der Waals surface area contributed by atoms with Crippen molar-refractivity contribution < 1.29 is 9.47 Å². The third-order valence-electron chi connectivity index (χ3n) is 2.68. The molecule has 3 aromatic heterocycles. The molecular formula is C13H13N3O2S. The summed E-state index contributed by atoms with van der Waals surface area (Å²) >= 11 is 1.58. The van der Waals surface area contributed by atoms with Crippen LogP contribution in [-0.2, 0) is 0 Å². The average molecular weight is 275 g/mol. The van der Waals surface area contributed by atoms with Crippen LogP contribution in [0.5, 0.6) is 11.6 Å². The first kappa shape index (κ1) is 12.0. The van der Waals surface area contributed by atoms with Crippen molar-refractivity contribution in [2.75, 3.05) is 13.7 Å². The Bertz CT molecular complexity index is 705. The number of nitrogens with zero attached hydrogens (tertiary/aromatic N) is 2. The van der Waals surface area contributed by atoms with Crippen LogP contribution in [0.25, 0.3) is 21.9 Å². The number of methoxy groups -OCH3 is 1. The Labute approximate surface area is 114 Å². The van der Waals surface area contributed by atoms with Crippen molar-refractivity contribution in [3.8, 4) is 22.3 Å². The standard InChI is InChI=1S/C13H13N3O2S/c1-3-18-10-5-4-8-12(15-10)16-13(14-8)11-9(17-2)6-7-19-11/h4-7H,3H2,1-2H3,(H,14,15,16). The maximum atomic E-state index is 5.37. The van der Waals surface area contributed by atoms with E-state index in [4.69, 9.17) is 9.47 Å². The van der Waals surface area contributed by atoms with E-state index < -0.39 is 0 Å². The van der Waals surface area contributed by atoms with Crippen LogP contribution in [0.2, 0.25) is 0 Å². The number of nitrogens with one attached hydrogen (secondary N) is 1. The average Bonchev–Trinajstić information content (AvgIpc) is 3.04. The summed E-state index contributed by atoms with van der Waals surface area (Å²) in [6, 6.07) is 5.68. The molecular weight excluding hydrogens is 262 g/mol. The topological polar surface area (TPSA) is 60.0 Å². The first-order chi connectivity index (χ1) is 9.31. The molecule has 3 rings (SSSR count). The fraction of sp³-hybridized carbons (Fsp3) is 0.231. The molecule has 1 N–H and O–H groups in total. The number of hydrogen-bond acceptors (Lipinski definition) is 5. The van der Waals surface area contributed by atoms with E-state index in [2.05, 4.69) is 15.0 Å². The van der Waals surface area contributed by atoms with E-state index in [9.17, 15) is 0 Å². The number of hydrogen-bond donors (Lipinski definition) is 1. The van der Waals surface area contributed by atoms with Gasteiger partial charge in [0.25, 0.3) is 0 Å². The molecule has 0 fully saturated rings. The Morgan fingerprint density at radius 3 is 2.95 bits per heavy atom. The van der Waals surface area contributed by atoms with Gasteiger partial charge in [-0.1, -0.05) is 0 Å². The molecule has 0 bridgehead atoms. The number of pyridine rings is 1. The van der Waals surface area contributed by atoms with Gasteiger partial charge in [-0.3, -0.25) is 0 Å². The van der Waals surface area contributed by atoms with Crippen LogP contribution in [0.1, 0.15) is 6.92 Å². The van der Waals surface area contributed by atoms with Crippen LogP contribution >= 0.6 is 11.3 Å². The van der Waals surface area contributed by atoms with Gasteiger partial charge < -0.3 is 14.5 Å². The van der Waals surface area contributed by atoms with Crippen LogP contribution < -0.4 is 9.47 Å². The summed E-state index contributed by atoms with van der Waals surface area (Å²) in [5.74, 6) is 2.17. The normalized spacial score (nSPS) is 10.8. The lowest BCUT2D eigenvalue weighted by Crippen LogP contribution is -1.93. The zero-order chi connectivity index (χ0) is 13.2. The van der Waals surface area contributed by atoms with Gasteiger partial charge in [0.1, 0.15) is 10.6 Å². The summed E-state index contributed by atoms with van der Waals surface area (Å²) in [4.78, 5) is 13.1. The molecule has 98 valence electrons. The highest BCUT2D eigenvalue weighted by Gasteiger charge is 2.13. The Hall–Kier alpha value is -2.08. The van der Waals surface area contributed by atoms with E-state index >= 15 is 0 Å². The van der Waals surface area contributed by atoms with Gasteiger partial charge in [-0.25, -0.2) is 4.98 Å². The van der Waals surface area contributed by atoms with Crippen LogP contribution in [0.3, 0.4) is 0 Å². The van der Waals surface area contributed by atoms with Gasteiger partial charge in [-0.15, -0.1) is 11.3 Å². The smallest absolute Gasteiger partial charge is 0.215 e. The van der Waals surface area contributed by atoms with E-state index in [-0.39, 0.29) is 0 Å². The van der Waals surface area contributed by atoms with Crippen molar-refractivity contribution >= 4 is 22.5 Å². The molecule has 0 aromatic carbocycles. The first-order valence-electron chi connectivity index (χ1n) is 5.93. The Kier molecular flexibility index (Phi) is 3.08. The zero-order valence-electron chi connectivity index (χ0n) is 10.6. The highest BCUT2D eigenvalue weighted by Crippen LogP contribution is 2.34. The minimum Gasteiger partial charge on any atom is -0.495 e. The maximum Gasteiger partial charge on any atom is 0.215 e. The fourth-order valence-corrected chi connectivity index (χ4v) is 2.65. The third kappa shape index (κ3) is 2.15. The summed E-state index contributed by atoms with van der Waals surface area (Å²) in [5.41, 5.74) is 1.53. The molecule has 6 heteroatoms. The number of ether oxygens (including phenoxy) is 2. The second-order valence-electron chi connectivity index (χ2n) is 3.86. The van der Waals surface area contributed by atoms with E-state index in [1.165, 1.54) is 0 Å². The molecule has 0 aliphatic heterocycles. The molecule has 0 aliphatic carbocycles. The Morgan fingerprint density at radius 1 is 1.26 bits per heavy atom. The molecule has 3 aromatic rings. The second kappa shape index (κ2) is 4.89. The number of imidazole rings is 1. The van der Waals surface area contributed by atoms with Crippen LogP contribution in [0.15, 0.2) is 23.6 Å². The quantitative estimate of drug-likeness (QED) is 0.795. The lowest BCUT2D eigenvalue weighted by molar-refractivity contribution is 0.328. The Morgan fingerprint density at radius 2 is 2.16 bits per heavy atom. The summed E-state index contributed by atoms with van der Waals surface area (Å²) in [6.07, 6.45) is 0. The van der Waals surface area contributed by atoms with Gasteiger partial charge in [-0.2, -0.15) is 4.98 Å². The lowest BCUT2D eigenvalue weighted by Gasteiger charge is -1.99. The molecule has 0 unspecified atom stereocenters. The van der Waals surface area contributed by atoms with Crippen molar-refractivity contribution in [2.24, 2.45) is 0 Å². The molecule has 5 nitrogen and oxygen atoms in total. The highest BCUT2D eigenvalue weighted by atomic mass is 32.1. The molecule has 19 heavy (non-hydrogen) atoms. The van der Waals surface area contributed by atoms with Crippen molar-refractivity contribution in [1.82, 2.24) is 15.0 Å². The molecule has 0 saturated heterocycles. The van der Waals surface area contributed by atoms with Gasteiger partial charge >= 0.3 is 0 Å². The molecule has 0 radical (unpaired) electrons. The van der Waals surface area contributed by atoms with Crippen LogP contribution in [-0.4, -0.2) is 28.7 Å². The molecule has 0 aliphatic rings. The maximum absolute atomic E-state index is 5.37. The van der Waals surface area contributed by atoms with Gasteiger partial charge in [-0.05, 0) is 24.4 Å². The van der Waals surface area contributed by atoms with Gasteiger partial charge in [0.15, 0.2) is 11.5 Å².